The molecule has 2 atom stereocenters. The Kier molecular flexibility index (Phi) is 3.98. The van der Waals surface area contributed by atoms with Crippen molar-refractivity contribution in [2.75, 3.05) is 0 Å². The molecule has 88 valence electrons. The van der Waals surface area contributed by atoms with Crippen molar-refractivity contribution < 1.29 is 19.4 Å². The van der Waals surface area contributed by atoms with Crippen molar-refractivity contribution >= 4 is 5.91 Å². The summed E-state index contributed by atoms with van der Waals surface area (Å²) in [5.74, 6) is -1.23. The van der Waals surface area contributed by atoms with Crippen molar-refractivity contribution in [2.45, 2.75) is 25.6 Å². The zero-order valence-corrected chi connectivity index (χ0v) is 8.85. The number of primary amides is 1. The van der Waals surface area contributed by atoms with Gasteiger partial charge in [-0.2, -0.15) is 0 Å². The molecule has 2 unspecified atom stereocenters. The molecule has 0 heterocycles. The third-order valence-electron chi connectivity index (χ3n) is 2.33. The molecule has 0 spiro atoms. The number of aryl methyl sites for hydroxylation is 1. The predicted octanol–water partition coefficient (Wildman–Crippen LogP) is 0.404. The van der Waals surface area contributed by atoms with Gasteiger partial charge in [-0.1, -0.05) is 6.07 Å². The lowest BCUT2D eigenvalue weighted by molar-refractivity contribution is -0.121. The van der Waals surface area contributed by atoms with E-state index in [1.165, 1.54) is 12.1 Å². The van der Waals surface area contributed by atoms with Crippen LogP contribution in [0, 0.1) is 12.7 Å². The van der Waals surface area contributed by atoms with Gasteiger partial charge in [0.2, 0.25) is 5.91 Å². The van der Waals surface area contributed by atoms with E-state index in [0.29, 0.717) is 5.56 Å². The van der Waals surface area contributed by atoms with Crippen molar-refractivity contribution in [3.05, 3.63) is 35.1 Å². The number of carbonyl (C=O) groups excluding carboxylic acids is 1. The minimum atomic E-state index is -1.32. The monoisotopic (exact) mass is 227 g/mol. The first-order chi connectivity index (χ1) is 7.41. The molecule has 4 nitrogen and oxygen atoms in total. The molecule has 0 bridgehead atoms. The Morgan fingerprint density at radius 2 is 2.12 bits per heavy atom. The topological polar surface area (TPSA) is 83.6 Å². The molecule has 1 amide bonds. The van der Waals surface area contributed by atoms with E-state index in [2.05, 4.69) is 0 Å². The molecule has 1 aromatic carbocycles. The highest BCUT2D eigenvalue weighted by Crippen LogP contribution is 2.23. The summed E-state index contributed by atoms with van der Waals surface area (Å²) >= 11 is 0. The molecule has 0 aliphatic heterocycles. The summed E-state index contributed by atoms with van der Waals surface area (Å²) in [6.07, 6.45) is -3.00. The van der Waals surface area contributed by atoms with E-state index < -0.39 is 23.9 Å². The predicted molar refractivity (Wildman–Crippen MR) is 55.9 cm³/mol. The molecule has 0 aliphatic carbocycles. The van der Waals surface area contributed by atoms with Crippen molar-refractivity contribution in [1.82, 2.24) is 0 Å². The number of rotatable bonds is 4. The molecule has 0 fully saturated rings. The molecule has 0 aromatic heterocycles. The highest BCUT2D eigenvalue weighted by molar-refractivity contribution is 5.74. The average molecular weight is 227 g/mol. The van der Waals surface area contributed by atoms with E-state index >= 15 is 0 Å². The van der Waals surface area contributed by atoms with Crippen molar-refractivity contribution in [2.24, 2.45) is 5.73 Å². The van der Waals surface area contributed by atoms with Crippen LogP contribution < -0.4 is 5.73 Å². The van der Waals surface area contributed by atoms with Crippen LogP contribution in [0.5, 0.6) is 0 Å². The zero-order valence-electron chi connectivity index (χ0n) is 8.85. The van der Waals surface area contributed by atoms with Crippen molar-refractivity contribution in [3.63, 3.8) is 0 Å². The van der Waals surface area contributed by atoms with Crippen LogP contribution in [0.15, 0.2) is 18.2 Å². The number of benzene rings is 1. The Hall–Kier alpha value is -1.46. The lowest BCUT2D eigenvalue weighted by Crippen LogP contribution is -2.26. The first kappa shape index (κ1) is 12.6. The third kappa shape index (κ3) is 3.01. The maximum absolute atomic E-state index is 12.9. The number of hydrogen-bond acceptors (Lipinski definition) is 3. The molecule has 0 saturated carbocycles. The summed E-state index contributed by atoms with van der Waals surface area (Å²) in [6.45, 7) is 1.68. The van der Waals surface area contributed by atoms with Crippen LogP contribution in [0.4, 0.5) is 4.39 Å². The lowest BCUT2D eigenvalue weighted by Gasteiger charge is -2.18. The van der Waals surface area contributed by atoms with Gasteiger partial charge in [0, 0.05) is 0 Å². The molecular formula is C11H14FNO3. The van der Waals surface area contributed by atoms with E-state index in [1.54, 1.807) is 6.92 Å². The standard InChI is InChI=1S/C11H14FNO3/c1-6-2-3-7(12)4-8(6)11(16)9(14)5-10(13)15/h2-4,9,11,14,16H,5H2,1H3,(H2,13,15). The number of hydrogen-bond donors (Lipinski definition) is 3. The first-order valence-corrected chi connectivity index (χ1v) is 4.82. The number of aliphatic hydroxyl groups is 2. The molecule has 0 saturated heterocycles. The van der Waals surface area contributed by atoms with Crippen LogP contribution in [-0.2, 0) is 4.79 Å². The Morgan fingerprint density at radius 3 is 2.69 bits per heavy atom. The van der Waals surface area contributed by atoms with E-state index in [0.717, 1.165) is 6.07 Å². The minimum Gasteiger partial charge on any atom is -0.390 e. The molecule has 5 heteroatoms. The van der Waals surface area contributed by atoms with Gasteiger partial charge in [-0.3, -0.25) is 4.79 Å². The summed E-state index contributed by atoms with van der Waals surface area (Å²) in [4.78, 5) is 10.6. The van der Waals surface area contributed by atoms with E-state index in [1.807, 2.05) is 0 Å². The third-order valence-corrected chi connectivity index (χ3v) is 2.33. The summed E-state index contributed by atoms with van der Waals surface area (Å²) in [7, 11) is 0. The van der Waals surface area contributed by atoms with Gasteiger partial charge in [0.05, 0.1) is 12.5 Å². The molecule has 1 rings (SSSR count). The van der Waals surface area contributed by atoms with Gasteiger partial charge in [0.1, 0.15) is 11.9 Å². The summed E-state index contributed by atoms with van der Waals surface area (Å²) in [5, 5.41) is 19.2. The molecular weight excluding hydrogens is 213 g/mol. The van der Waals surface area contributed by atoms with E-state index in [9.17, 15) is 19.4 Å². The van der Waals surface area contributed by atoms with Crippen LogP contribution in [0.1, 0.15) is 23.7 Å². The van der Waals surface area contributed by atoms with Crippen LogP contribution in [0.2, 0.25) is 0 Å². The van der Waals surface area contributed by atoms with Gasteiger partial charge in [0.25, 0.3) is 0 Å². The molecule has 0 aliphatic rings. The second-order valence-corrected chi connectivity index (χ2v) is 3.68. The normalized spacial score (nSPS) is 14.5. The summed E-state index contributed by atoms with van der Waals surface area (Å²) in [6, 6.07) is 3.88. The average Bonchev–Trinajstić information content (AvgIpc) is 2.19. The zero-order chi connectivity index (χ0) is 12.3. The maximum Gasteiger partial charge on any atom is 0.220 e. The highest BCUT2D eigenvalue weighted by atomic mass is 19.1. The number of halogens is 1. The Bertz CT molecular complexity index is 395. The van der Waals surface area contributed by atoms with Gasteiger partial charge in [-0.15, -0.1) is 0 Å². The number of amides is 1. The van der Waals surface area contributed by atoms with Crippen LogP contribution >= 0.6 is 0 Å². The molecule has 16 heavy (non-hydrogen) atoms. The number of carbonyl (C=O) groups is 1. The Labute approximate surface area is 92.5 Å². The molecule has 1 aromatic rings. The van der Waals surface area contributed by atoms with Gasteiger partial charge in [0.15, 0.2) is 0 Å². The fourth-order valence-corrected chi connectivity index (χ4v) is 1.46. The largest absolute Gasteiger partial charge is 0.390 e. The van der Waals surface area contributed by atoms with Crippen molar-refractivity contribution in [1.29, 1.82) is 0 Å². The van der Waals surface area contributed by atoms with Gasteiger partial charge < -0.3 is 15.9 Å². The second kappa shape index (κ2) is 5.05. The maximum atomic E-state index is 12.9. The highest BCUT2D eigenvalue weighted by Gasteiger charge is 2.22. The fourth-order valence-electron chi connectivity index (χ4n) is 1.46. The van der Waals surface area contributed by atoms with Crippen LogP contribution in [-0.4, -0.2) is 22.2 Å². The SMILES string of the molecule is Cc1ccc(F)cc1C(O)C(O)CC(N)=O. The fraction of sp³-hybridized carbons (Fsp3) is 0.364. The van der Waals surface area contributed by atoms with Gasteiger partial charge in [-0.25, -0.2) is 4.39 Å². The Balaban J connectivity index is 2.90. The smallest absolute Gasteiger partial charge is 0.220 e. The summed E-state index contributed by atoms with van der Waals surface area (Å²) < 4.78 is 12.9. The first-order valence-electron chi connectivity index (χ1n) is 4.82. The van der Waals surface area contributed by atoms with E-state index in [4.69, 9.17) is 5.73 Å². The number of aliphatic hydroxyl groups excluding tert-OH is 2. The second-order valence-electron chi connectivity index (χ2n) is 3.68. The summed E-state index contributed by atoms with van der Waals surface area (Å²) in [5.41, 5.74) is 5.79. The lowest BCUT2D eigenvalue weighted by atomic mass is 9.97. The van der Waals surface area contributed by atoms with Crippen LogP contribution in [0.25, 0.3) is 0 Å². The van der Waals surface area contributed by atoms with Crippen molar-refractivity contribution in [3.8, 4) is 0 Å². The number of nitrogens with two attached hydrogens (primary N) is 1. The van der Waals surface area contributed by atoms with Gasteiger partial charge >= 0.3 is 0 Å². The van der Waals surface area contributed by atoms with E-state index in [-0.39, 0.29) is 12.0 Å². The Morgan fingerprint density at radius 1 is 1.50 bits per heavy atom. The quantitative estimate of drug-likeness (QED) is 0.696. The molecule has 0 radical (unpaired) electrons. The molecule has 4 N–H and O–H groups in total. The van der Waals surface area contributed by atoms with Crippen LogP contribution in [0.3, 0.4) is 0 Å². The van der Waals surface area contributed by atoms with Gasteiger partial charge in [-0.05, 0) is 30.2 Å². The minimum absolute atomic E-state index is 0.258.